The quantitative estimate of drug-likeness (QED) is 0.691. The summed E-state index contributed by atoms with van der Waals surface area (Å²) in [4.78, 5) is 4.41. The molecule has 1 atom stereocenters. The lowest BCUT2D eigenvalue weighted by atomic mass is 10.0. The molecule has 0 fully saturated rings. The van der Waals surface area contributed by atoms with Crippen molar-refractivity contribution in [2.45, 2.75) is 38.8 Å². The van der Waals surface area contributed by atoms with Gasteiger partial charge in [-0.3, -0.25) is 5.32 Å². The molecule has 0 spiro atoms. The summed E-state index contributed by atoms with van der Waals surface area (Å²) in [5.41, 5.74) is -0.457. The molecule has 1 N–H and O–H groups in total. The number of nitrogens with zero attached hydrogens (tertiary/aromatic N) is 3. The molecule has 0 saturated heterocycles. The Bertz CT molecular complexity index is 244. The van der Waals surface area contributed by atoms with Crippen molar-refractivity contribution in [2.24, 2.45) is 0 Å². The molecule has 0 aliphatic rings. The lowest BCUT2D eigenvalue weighted by Crippen LogP contribution is -2.52. The molecule has 0 aromatic carbocycles. The van der Waals surface area contributed by atoms with Crippen molar-refractivity contribution >= 4 is 0 Å². The van der Waals surface area contributed by atoms with Gasteiger partial charge in [0.2, 0.25) is 0 Å². The Morgan fingerprint density at radius 2 is 1.82 bits per heavy atom. The van der Waals surface area contributed by atoms with Crippen LogP contribution >= 0.6 is 0 Å². The summed E-state index contributed by atoms with van der Waals surface area (Å²) < 4.78 is 0. The van der Waals surface area contributed by atoms with Crippen molar-refractivity contribution in [3.63, 3.8) is 0 Å². The Balaban J connectivity index is 4.06. The van der Waals surface area contributed by atoms with Gasteiger partial charge in [-0.1, -0.05) is 0 Å². The van der Waals surface area contributed by atoms with Crippen LogP contribution in [0, 0.1) is 11.3 Å². The van der Waals surface area contributed by atoms with E-state index in [1.807, 2.05) is 6.92 Å². The maximum atomic E-state index is 9.25. The fraction of sp³-hybridized carbons (Fsp3) is 0.923. The topological polar surface area (TPSA) is 42.3 Å². The monoisotopic (exact) mass is 240 g/mol. The minimum Gasteiger partial charge on any atom is -0.309 e. The first kappa shape index (κ1) is 16.4. The van der Waals surface area contributed by atoms with Crippen LogP contribution < -0.4 is 5.32 Å². The summed E-state index contributed by atoms with van der Waals surface area (Å²) >= 11 is 0. The fourth-order valence-corrected chi connectivity index (χ4v) is 2.03. The molecule has 0 aromatic rings. The Morgan fingerprint density at radius 3 is 2.24 bits per heavy atom. The van der Waals surface area contributed by atoms with Gasteiger partial charge in [0.1, 0.15) is 5.54 Å². The highest BCUT2D eigenvalue weighted by Gasteiger charge is 2.25. The smallest absolute Gasteiger partial charge is 0.116 e. The predicted octanol–water partition coefficient (Wildman–Crippen LogP) is 1.15. The van der Waals surface area contributed by atoms with Crippen LogP contribution in [0.15, 0.2) is 0 Å². The maximum Gasteiger partial charge on any atom is 0.116 e. The molecule has 0 bridgehead atoms. The normalized spacial score (nSPS) is 15.3. The second kappa shape index (κ2) is 7.65. The third kappa shape index (κ3) is 8.14. The van der Waals surface area contributed by atoms with E-state index in [9.17, 15) is 5.26 Å². The van der Waals surface area contributed by atoms with Crippen LogP contribution in [0.4, 0.5) is 0 Å². The summed E-state index contributed by atoms with van der Waals surface area (Å²) in [5, 5.41) is 12.6. The lowest BCUT2D eigenvalue weighted by Gasteiger charge is -2.30. The fourth-order valence-electron chi connectivity index (χ4n) is 2.03. The highest BCUT2D eigenvalue weighted by molar-refractivity contribution is 5.06. The van der Waals surface area contributed by atoms with E-state index in [1.165, 1.54) is 0 Å². The first-order chi connectivity index (χ1) is 7.79. The largest absolute Gasteiger partial charge is 0.309 e. The van der Waals surface area contributed by atoms with Gasteiger partial charge in [-0.15, -0.1) is 0 Å². The van der Waals surface area contributed by atoms with Gasteiger partial charge in [-0.05, 0) is 61.4 Å². The average molecular weight is 240 g/mol. The van der Waals surface area contributed by atoms with Crippen LogP contribution in [0.5, 0.6) is 0 Å². The van der Waals surface area contributed by atoms with Gasteiger partial charge in [0, 0.05) is 12.6 Å². The summed E-state index contributed by atoms with van der Waals surface area (Å²) in [6.07, 6.45) is 1.13. The van der Waals surface area contributed by atoms with E-state index in [0.717, 1.165) is 26.1 Å². The molecule has 0 aromatic heterocycles. The van der Waals surface area contributed by atoms with Crippen LogP contribution in [0.2, 0.25) is 0 Å². The number of nitriles is 1. The van der Waals surface area contributed by atoms with Gasteiger partial charge in [0.25, 0.3) is 0 Å². The van der Waals surface area contributed by atoms with Crippen LogP contribution in [0.25, 0.3) is 0 Å². The van der Waals surface area contributed by atoms with Crippen LogP contribution in [-0.4, -0.2) is 62.2 Å². The van der Waals surface area contributed by atoms with E-state index in [-0.39, 0.29) is 0 Å². The molecule has 0 rings (SSSR count). The third-order valence-electron chi connectivity index (χ3n) is 2.59. The Hall–Kier alpha value is -0.630. The summed E-state index contributed by atoms with van der Waals surface area (Å²) in [6.45, 7) is 8.98. The van der Waals surface area contributed by atoms with Gasteiger partial charge in [-0.25, -0.2) is 0 Å². The zero-order valence-corrected chi connectivity index (χ0v) is 12.2. The van der Waals surface area contributed by atoms with E-state index >= 15 is 0 Å². The van der Waals surface area contributed by atoms with Crippen LogP contribution in [0.1, 0.15) is 27.2 Å². The second-order valence-corrected chi connectivity index (χ2v) is 5.64. The van der Waals surface area contributed by atoms with E-state index in [1.54, 1.807) is 0 Å². The van der Waals surface area contributed by atoms with Crippen molar-refractivity contribution in [1.29, 1.82) is 5.26 Å². The molecule has 0 aliphatic heterocycles. The molecule has 0 saturated carbocycles. The van der Waals surface area contributed by atoms with E-state index < -0.39 is 5.54 Å². The highest BCUT2D eigenvalue weighted by atomic mass is 15.2. The minimum absolute atomic E-state index is 0.329. The Labute approximate surface area is 107 Å². The van der Waals surface area contributed by atoms with Crippen LogP contribution in [0.3, 0.4) is 0 Å². The first-order valence-electron chi connectivity index (χ1n) is 6.31. The number of nitrogens with one attached hydrogen (secondary N) is 1. The minimum atomic E-state index is -0.457. The van der Waals surface area contributed by atoms with Crippen molar-refractivity contribution in [2.75, 3.05) is 40.8 Å². The van der Waals surface area contributed by atoms with Crippen molar-refractivity contribution in [3.8, 4) is 6.07 Å². The van der Waals surface area contributed by atoms with Gasteiger partial charge in [0.15, 0.2) is 0 Å². The molecule has 0 amide bonds. The average Bonchev–Trinajstić information content (AvgIpc) is 2.15. The molecular formula is C13H28N4. The molecule has 0 radical (unpaired) electrons. The predicted molar refractivity (Wildman–Crippen MR) is 73.0 cm³/mol. The SMILES string of the molecule is CC(C)NC(C)(C#N)CN(C)CCCN(C)C. The van der Waals surface area contributed by atoms with Gasteiger partial charge in [0.05, 0.1) is 6.07 Å². The number of likely N-dealkylation sites (N-methyl/N-ethyl adjacent to an activating group) is 1. The van der Waals surface area contributed by atoms with Crippen molar-refractivity contribution in [3.05, 3.63) is 0 Å². The second-order valence-electron chi connectivity index (χ2n) is 5.64. The third-order valence-corrected chi connectivity index (χ3v) is 2.59. The standard InChI is InChI=1S/C13H28N4/c1-12(2)15-13(3,10-14)11-17(6)9-7-8-16(4)5/h12,15H,7-9,11H2,1-6H3. The number of hydrogen-bond donors (Lipinski definition) is 1. The lowest BCUT2D eigenvalue weighted by molar-refractivity contribution is 0.239. The van der Waals surface area contributed by atoms with E-state index in [2.05, 4.69) is 56.2 Å². The zero-order chi connectivity index (χ0) is 13.5. The molecule has 1 unspecified atom stereocenters. The molecule has 4 heteroatoms. The van der Waals surface area contributed by atoms with Gasteiger partial charge < -0.3 is 9.80 Å². The van der Waals surface area contributed by atoms with E-state index in [4.69, 9.17) is 0 Å². The molecule has 17 heavy (non-hydrogen) atoms. The summed E-state index contributed by atoms with van der Waals surface area (Å²) in [7, 11) is 6.24. The Morgan fingerprint density at radius 1 is 1.24 bits per heavy atom. The molecular weight excluding hydrogens is 212 g/mol. The molecule has 4 nitrogen and oxygen atoms in total. The zero-order valence-electron chi connectivity index (χ0n) is 12.2. The van der Waals surface area contributed by atoms with Gasteiger partial charge >= 0.3 is 0 Å². The van der Waals surface area contributed by atoms with Crippen LogP contribution in [-0.2, 0) is 0 Å². The number of rotatable bonds is 8. The number of hydrogen-bond acceptors (Lipinski definition) is 4. The van der Waals surface area contributed by atoms with Crippen molar-refractivity contribution in [1.82, 2.24) is 15.1 Å². The highest BCUT2D eigenvalue weighted by Crippen LogP contribution is 2.06. The molecule has 100 valence electrons. The van der Waals surface area contributed by atoms with Crippen molar-refractivity contribution < 1.29 is 0 Å². The Kier molecular flexibility index (Phi) is 7.37. The first-order valence-corrected chi connectivity index (χ1v) is 6.31. The van der Waals surface area contributed by atoms with E-state index in [0.29, 0.717) is 6.04 Å². The van der Waals surface area contributed by atoms with Gasteiger partial charge in [-0.2, -0.15) is 5.26 Å². The summed E-state index contributed by atoms with van der Waals surface area (Å²) in [5.74, 6) is 0. The maximum absolute atomic E-state index is 9.25. The molecule has 0 aliphatic carbocycles. The molecule has 0 heterocycles. The summed E-state index contributed by atoms with van der Waals surface area (Å²) in [6, 6.07) is 2.71.